The summed E-state index contributed by atoms with van der Waals surface area (Å²) in [7, 11) is 4.22. The van der Waals surface area contributed by atoms with Crippen molar-refractivity contribution in [2.45, 2.75) is 38.3 Å². The van der Waals surface area contributed by atoms with Gasteiger partial charge in [0.15, 0.2) is 0 Å². The summed E-state index contributed by atoms with van der Waals surface area (Å²) in [4.78, 5) is 6.48. The van der Waals surface area contributed by atoms with Crippen LogP contribution in [0.3, 0.4) is 0 Å². The quantitative estimate of drug-likeness (QED) is 0.788. The molecule has 2 rings (SSSR count). The zero-order valence-corrected chi connectivity index (χ0v) is 10.3. The van der Waals surface area contributed by atoms with Gasteiger partial charge in [-0.1, -0.05) is 0 Å². The first-order valence-electron chi connectivity index (χ1n) is 5.30. The number of likely N-dealkylation sites (N-methyl/N-ethyl adjacent to an activating group) is 1. The minimum absolute atomic E-state index is 0.285. The number of hydrogen-bond donors (Lipinski definition) is 0. The molecule has 1 saturated carbocycles. The Balaban J connectivity index is 1.99. The molecule has 1 aromatic heterocycles. The third kappa shape index (κ3) is 2.46. The molecule has 1 aliphatic carbocycles. The van der Waals surface area contributed by atoms with Crippen LogP contribution in [0.25, 0.3) is 0 Å². The summed E-state index contributed by atoms with van der Waals surface area (Å²) in [5, 5.41) is 0.714. The molecule has 0 aliphatic heterocycles. The Bertz CT molecular complexity index is 326. The van der Waals surface area contributed by atoms with Crippen molar-refractivity contribution in [2.75, 3.05) is 14.1 Å². The molecule has 0 radical (unpaired) electrons. The molecule has 15 heavy (non-hydrogen) atoms. The van der Waals surface area contributed by atoms with Crippen molar-refractivity contribution in [1.29, 1.82) is 0 Å². The first kappa shape index (κ1) is 10.8. The fourth-order valence-electron chi connectivity index (χ4n) is 2.09. The summed E-state index contributed by atoms with van der Waals surface area (Å²) in [5.74, 6) is 0.800. The van der Waals surface area contributed by atoms with E-state index in [2.05, 4.69) is 28.4 Å². The summed E-state index contributed by atoms with van der Waals surface area (Å²) < 4.78 is 9.99. The number of nitrogens with zero attached hydrogens (tertiary/aromatic N) is 3. The van der Waals surface area contributed by atoms with Gasteiger partial charge in [-0.05, 0) is 40.3 Å². The summed E-state index contributed by atoms with van der Waals surface area (Å²) in [6.07, 6.45) is 3.87. The van der Waals surface area contributed by atoms with E-state index in [9.17, 15) is 0 Å². The van der Waals surface area contributed by atoms with Crippen molar-refractivity contribution < 1.29 is 4.74 Å². The van der Waals surface area contributed by atoms with Crippen LogP contribution in [-0.4, -0.2) is 40.5 Å². The van der Waals surface area contributed by atoms with Gasteiger partial charge in [0.2, 0.25) is 0 Å². The fourth-order valence-corrected chi connectivity index (χ4v) is 2.68. The van der Waals surface area contributed by atoms with E-state index in [1.165, 1.54) is 24.4 Å². The normalized spacial score (nSPS) is 26.1. The maximum Gasteiger partial charge on any atom is 0.293 e. The molecule has 2 unspecified atom stereocenters. The molecular formula is C10H17N3OS. The lowest BCUT2D eigenvalue weighted by atomic mass is 10.2. The molecule has 2 atom stereocenters. The molecule has 0 aromatic carbocycles. The van der Waals surface area contributed by atoms with Gasteiger partial charge in [-0.2, -0.15) is 9.36 Å². The van der Waals surface area contributed by atoms with E-state index in [1.807, 2.05) is 6.92 Å². The second-order valence-corrected chi connectivity index (χ2v) is 4.94. The number of ether oxygens (including phenoxy) is 1. The Morgan fingerprint density at radius 1 is 1.40 bits per heavy atom. The average molecular weight is 227 g/mol. The maximum absolute atomic E-state index is 5.87. The van der Waals surface area contributed by atoms with E-state index in [0.29, 0.717) is 11.2 Å². The Kier molecular flexibility index (Phi) is 3.21. The molecule has 0 amide bonds. The van der Waals surface area contributed by atoms with Gasteiger partial charge >= 0.3 is 0 Å². The molecule has 84 valence electrons. The van der Waals surface area contributed by atoms with Gasteiger partial charge in [-0.15, -0.1) is 0 Å². The third-order valence-electron chi connectivity index (χ3n) is 2.84. The first-order chi connectivity index (χ1) is 7.16. The van der Waals surface area contributed by atoms with Crippen molar-refractivity contribution in [3.63, 3.8) is 0 Å². The van der Waals surface area contributed by atoms with Crippen LogP contribution in [0.2, 0.25) is 0 Å². The third-order valence-corrected chi connectivity index (χ3v) is 3.54. The molecule has 0 N–H and O–H groups in total. The second kappa shape index (κ2) is 4.45. The highest BCUT2D eigenvalue weighted by Crippen LogP contribution is 2.27. The highest BCUT2D eigenvalue weighted by molar-refractivity contribution is 7.07. The summed E-state index contributed by atoms with van der Waals surface area (Å²) in [6.45, 7) is 1.89. The monoisotopic (exact) mass is 227 g/mol. The number of aryl methyl sites for hydroxylation is 1. The maximum atomic E-state index is 5.87. The van der Waals surface area contributed by atoms with Crippen molar-refractivity contribution in [1.82, 2.24) is 14.3 Å². The van der Waals surface area contributed by atoms with Gasteiger partial charge < -0.3 is 9.64 Å². The predicted octanol–water partition coefficient (Wildman–Crippen LogP) is 1.71. The lowest BCUT2D eigenvalue weighted by Gasteiger charge is -2.25. The smallest absolute Gasteiger partial charge is 0.293 e. The molecule has 1 aromatic rings. The van der Waals surface area contributed by atoms with Gasteiger partial charge in [-0.25, -0.2) is 0 Å². The van der Waals surface area contributed by atoms with Gasteiger partial charge in [0.1, 0.15) is 11.9 Å². The molecule has 0 spiro atoms. The minimum atomic E-state index is 0.285. The van der Waals surface area contributed by atoms with Crippen LogP contribution < -0.4 is 4.74 Å². The van der Waals surface area contributed by atoms with E-state index >= 15 is 0 Å². The number of aromatic nitrogens is 2. The molecule has 1 aliphatic rings. The molecule has 4 nitrogen and oxygen atoms in total. The highest BCUT2D eigenvalue weighted by Gasteiger charge is 2.31. The van der Waals surface area contributed by atoms with Crippen LogP contribution >= 0.6 is 11.5 Å². The Hall–Kier alpha value is -0.680. The summed E-state index contributed by atoms with van der Waals surface area (Å²) >= 11 is 1.35. The Morgan fingerprint density at radius 3 is 2.80 bits per heavy atom. The number of rotatable bonds is 3. The lowest BCUT2D eigenvalue weighted by molar-refractivity contribution is 0.120. The fraction of sp³-hybridized carbons (Fsp3) is 0.800. The molecular weight excluding hydrogens is 210 g/mol. The zero-order valence-electron chi connectivity index (χ0n) is 9.43. The molecule has 5 heteroatoms. The predicted molar refractivity (Wildman–Crippen MR) is 60.4 cm³/mol. The summed E-state index contributed by atoms with van der Waals surface area (Å²) in [5.41, 5.74) is 0. The largest absolute Gasteiger partial charge is 0.464 e. The minimum Gasteiger partial charge on any atom is -0.464 e. The van der Waals surface area contributed by atoms with Crippen LogP contribution in [0.1, 0.15) is 25.1 Å². The van der Waals surface area contributed by atoms with Gasteiger partial charge in [-0.3, -0.25) is 0 Å². The number of hydrogen-bond acceptors (Lipinski definition) is 5. The first-order valence-corrected chi connectivity index (χ1v) is 6.07. The van der Waals surface area contributed by atoms with Gasteiger partial charge in [0.25, 0.3) is 5.19 Å². The van der Waals surface area contributed by atoms with Crippen LogP contribution in [0, 0.1) is 6.92 Å². The van der Waals surface area contributed by atoms with Crippen molar-refractivity contribution >= 4 is 11.5 Å². The molecule has 0 bridgehead atoms. The van der Waals surface area contributed by atoms with Crippen molar-refractivity contribution in [3.05, 3.63) is 5.82 Å². The van der Waals surface area contributed by atoms with Crippen LogP contribution in [-0.2, 0) is 0 Å². The van der Waals surface area contributed by atoms with Gasteiger partial charge in [0, 0.05) is 17.6 Å². The van der Waals surface area contributed by atoms with Crippen molar-refractivity contribution in [2.24, 2.45) is 0 Å². The summed E-state index contributed by atoms with van der Waals surface area (Å²) in [6, 6.07) is 0.522. The van der Waals surface area contributed by atoms with Crippen LogP contribution in [0.5, 0.6) is 5.19 Å². The van der Waals surface area contributed by atoms with Gasteiger partial charge in [0.05, 0.1) is 0 Å². The Morgan fingerprint density at radius 2 is 2.20 bits per heavy atom. The topological polar surface area (TPSA) is 38.2 Å². The van der Waals surface area contributed by atoms with Crippen LogP contribution in [0.4, 0.5) is 0 Å². The molecule has 0 saturated heterocycles. The standard InChI is InChI=1S/C10H17N3OS/c1-7-11-10(15-12-7)14-9-6-4-5-8(9)13(2)3/h8-9H,4-6H2,1-3H3. The van der Waals surface area contributed by atoms with Crippen molar-refractivity contribution in [3.8, 4) is 5.19 Å². The highest BCUT2D eigenvalue weighted by atomic mass is 32.1. The van der Waals surface area contributed by atoms with E-state index < -0.39 is 0 Å². The Labute approximate surface area is 94.4 Å². The molecule has 1 fully saturated rings. The lowest BCUT2D eigenvalue weighted by Crippen LogP contribution is -2.38. The van der Waals surface area contributed by atoms with E-state index in [-0.39, 0.29) is 6.10 Å². The SMILES string of the molecule is Cc1nsc(OC2CCCC2N(C)C)n1. The van der Waals surface area contributed by atoms with Crippen LogP contribution in [0.15, 0.2) is 0 Å². The van der Waals surface area contributed by atoms with E-state index in [1.54, 1.807) is 0 Å². The van der Waals surface area contributed by atoms with E-state index in [4.69, 9.17) is 4.74 Å². The van der Waals surface area contributed by atoms with E-state index in [0.717, 1.165) is 12.2 Å². The zero-order chi connectivity index (χ0) is 10.8. The average Bonchev–Trinajstić information content (AvgIpc) is 2.75. The molecule has 1 heterocycles. The second-order valence-electron chi connectivity index (χ2n) is 4.23.